The number of benzene rings is 9. The second-order valence-electron chi connectivity index (χ2n) is 15.2. The van der Waals surface area contributed by atoms with Gasteiger partial charge in [0.05, 0.1) is 0 Å². The molecule has 0 fully saturated rings. The fourth-order valence-electron chi connectivity index (χ4n) is 8.28. The maximum atomic E-state index is 6.99. The molecule has 0 radical (unpaired) electrons. The molecule has 0 atom stereocenters. The van der Waals surface area contributed by atoms with Crippen molar-refractivity contribution in [2.45, 2.75) is 0 Å². The predicted molar refractivity (Wildman–Crippen MR) is 251 cm³/mol. The van der Waals surface area contributed by atoms with Crippen LogP contribution in [0.4, 0.5) is 0 Å². The lowest BCUT2D eigenvalue weighted by molar-refractivity contribution is 0.671. The Balaban J connectivity index is 1.08. The molecule has 2 aromatic heterocycles. The van der Waals surface area contributed by atoms with Crippen LogP contribution in [0, 0.1) is 0 Å². The van der Waals surface area contributed by atoms with E-state index in [0.29, 0.717) is 17.5 Å². The van der Waals surface area contributed by atoms with Gasteiger partial charge < -0.3 is 4.42 Å². The van der Waals surface area contributed by atoms with Gasteiger partial charge in [-0.15, -0.1) is 0 Å². The number of furan rings is 1. The summed E-state index contributed by atoms with van der Waals surface area (Å²) in [6.07, 6.45) is 0. The number of aromatic nitrogens is 3. The van der Waals surface area contributed by atoms with Crippen molar-refractivity contribution in [3.63, 3.8) is 0 Å². The summed E-state index contributed by atoms with van der Waals surface area (Å²) in [4.78, 5) is 15.5. The van der Waals surface area contributed by atoms with Gasteiger partial charge in [0.2, 0.25) is 0 Å². The normalized spacial score (nSPS) is 11.3. The summed E-state index contributed by atoms with van der Waals surface area (Å²) in [7, 11) is 0. The summed E-state index contributed by atoms with van der Waals surface area (Å²) in [5, 5.41) is 2.14. The third-order valence-corrected chi connectivity index (χ3v) is 11.3. The Labute approximate surface area is 354 Å². The Morgan fingerprint density at radius 2 is 0.590 bits per heavy atom. The van der Waals surface area contributed by atoms with E-state index in [0.717, 1.165) is 83.1 Å². The molecule has 11 aromatic rings. The van der Waals surface area contributed by atoms with Crippen LogP contribution in [-0.2, 0) is 0 Å². The molecule has 0 bridgehead atoms. The summed E-state index contributed by atoms with van der Waals surface area (Å²) in [5.41, 5.74) is 15.3. The molecule has 9 aromatic carbocycles. The van der Waals surface area contributed by atoms with Gasteiger partial charge in [0.25, 0.3) is 0 Å². The Morgan fingerprint density at radius 3 is 1.18 bits per heavy atom. The van der Waals surface area contributed by atoms with Crippen LogP contribution in [0.2, 0.25) is 0 Å². The van der Waals surface area contributed by atoms with Gasteiger partial charge in [-0.3, -0.25) is 0 Å². The van der Waals surface area contributed by atoms with Crippen molar-refractivity contribution < 1.29 is 4.42 Å². The van der Waals surface area contributed by atoms with Gasteiger partial charge in [-0.25, -0.2) is 15.0 Å². The summed E-state index contributed by atoms with van der Waals surface area (Å²) >= 11 is 0. The minimum Gasteiger partial charge on any atom is -0.455 e. The van der Waals surface area contributed by atoms with Crippen molar-refractivity contribution in [1.29, 1.82) is 0 Å². The van der Waals surface area contributed by atoms with Gasteiger partial charge in [0, 0.05) is 38.6 Å². The molecule has 61 heavy (non-hydrogen) atoms. The quantitative estimate of drug-likeness (QED) is 0.154. The van der Waals surface area contributed by atoms with Gasteiger partial charge in [-0.1, -0.05) is 200 Å². The molecule has 4 heteroatoms. The smallest absolute Gasteiger partial charge is 0.164 e. The third-order valence-electron chi connectivity index (χ3n) is 11.3. The lowest BCUT2D eigenvalue weighted by atomic mass is 9.94. The van der Waals surface area contributed by atoms with E-state index in [1.54, 1.807) is 0 Å². The minimum absolute atomic E-state index is 0.589. The number of fused-ring (bicyclic) bond motifs is 3. The molecule has 0 saturated carbocycles. The summed E-state index contributed by atoms with van der Waals surface area (Å²) < 4.78 is 6.99. The van der Waals surface area contributed by atoms with Gasteiger partial charge in [-0.05, 0) is 68.8 Å². The molecule has 4 nitrogen and oxygen atoms in total. The molecule has 11 rings (SSSR count). The van der Waals surface area contributed by atoms with Crippen molar-refractivity contribution in [2.75, 3.05) is 0 Å². The maximum Gasteiger partial charge on any atom is 0.164 e. The van der Waals surface area contributed by atoms with Gasteiger partial charge in [0.1, 0.15) is 11.2 Å². The highest BCUT2D eigenvalue weighted by atomic mass is 16.3. The standard InChI is InChI=1S/C57H37N3O/c1-5-16-38(17-6-1)41-30-32-42(33-31-41)49-26-14-28-51-52-29-15-27-50(54(52)61-53(49)51)47-35-46(40-20-9-3-10-21-40)36-48(37-47)57-59-55(43-22-11-4-12-23-43)58-56(60-57)45-25-13-24-44(34-45)39-18-7-2-8-19-39/h1-37H. The van der Waals surface area contributed by atoms with E-state index in [1.165, 1.54) is 11.1 Å². The van der Waals surface area contributed by atoms with Gasteiger partial charge >= 0.3 is 0 Å². The molecule has 0 saturated heterocycles. The SMILES string of the molecule is c1ccc(-c2ccc(-c3cccc4c3oc3c(-c5cc(-c6ccccc6)cc(-c6nc(-c7ccccc7)nc(-c7cccc(-c8ccccc8)c7)n6)c5)cccc34)cc2)cc1. The first-order chi connectivity index (χ1) is 30.2. The van der Waals surface area contributed by atoms with E-state index in [9.17, 15) is 0 Å². The van der Waals surface area contributed by atoms with E-state index < -0.39 is 0 Å². The Bertz CT molecular complexity index is 3320. The number of rotatable bonds is 8. The molecule has 0 aliphatic heterocycles. The fourth-order valence-corrected chi connectivity index (χ4v) is 8.28. The van der Waals surface area contributed by atoms with Crippen molar-refractivity contribution in [2.24, 2.45) is 0 Å². The van der Waals surface area contributed by atoms with Crippen LogP contribution in [0.1, 0.15) is 0 Å². The van der Waals surface area contributed by atoms with Crippen molar-refractivity contribution in [1.82, 2.24) is 15.0 Å². The first-order valence-electron chi connectivity index (χ1n) is 20.5. The summed E-state index contributed by atoms with van der Waals surface area (Å²) in [5.74, 6) is 1.81. The monoisotopic (exact) mass is 779 g/mol. The van der Waals surface area contributed by atoms with E-state index in [2.05, 4.69) is 176 Å². The average Bonchev–Trinajstić information content (AvgIpc) is 3.74. The van der Waals surface area contributed by atoms with Crippen LogP contribution < -0.4 is 0 Å². The molecular formula is C57H37N3O. The average molecular weight is 780 g/mol. The fraction of sp³-hybridized carbons (Fsp3) is 0. The number of para-hydroxylation sites is 2. The Morgan fingerprint density at radius 1 is 0.230 bits per heavy atom. The molecule has 0 amide bonds. The van der Waals surface area contributed by atoms with Crippen LogP contribution >= 0.6 is 0 Å². The highest BCUT2D eigenvalue weighted by molar-refractivity contribution is 6.13. The Kier molecular flexibility index (Phi) is 9.14. The first kappa shape index (κ1) is 35.9. The van der Waals surface area contributed by atoms with Crippen LogP contribution in [0.5, 0.6) is 0 Å². The molecule has 2 heterocycles. The van der Waals surface area contributed by atoms with Crippen LogP contribution in [-0.4, -0.2) is 15.0 Å². The number of nitrogens with zero attached hydrogens (tertiary/aromatic N) is 3. The topological polar surface area (TPSA) is 51.8 Å². The van der Waals surface area contributed by atoms with Crippen LogP contribution in [0.3, 0.4) is 0 Å². The summed E-state index contributed by atoms with van der Waals surface area (Å²) in [6.45, 7) is 0. The second-order valence-corrected chi connectivity index (χ2v) is 15.2. The molecule has 0 aliphatic carbocycles. The van der Waals surface area contributed by atoms with Crippen molar-refractivity contribution in [3.05, 3.63) is 224 Å². The van der Waals surface area contributed by atoms with Crippen LogP contribution in [0.25, 0.3) is 112 Å². The zero-order valence-corrected chi connectivity index (χ0v) is 33.1. The lowest BCUT2D eigenvalue weighted by Gasteiger charge is -2.13. The van der Waals surface area contributed by atoms with E-state index in [-0.39, 0.29) is 0 Å². The molecule has 0 spiro atoms. The highest BCUT2D eigenvalue weighted by Crippen LogP contribution is 2.42. The molecule has 0 N–H and O–H groups in total. The molecule has 0 unspecified atom stereocenters. The summed E-state index contributed by atoms with van der Waals surface area (Å²) in [6, 6.07) is 78.1. The van der Waals surface area contributed by atoms with Crippen LogP contribution in [0.15, 0.2) is 229 Å². The number of hydrogen-bond acceptors (Lipinski definition) is 4. The lowest BCUT2D eigenvalue weighted by Crippen LogP contribution is -2.00. The highest BCUT2D eigenvalue weighted by Gasteiger charge is 2.19. The first-order valence-corrected chi connectivity index (χ1v) is 20.5. The minimum atomic E-state index is 0.589. The largest absolute Gasteiger partial charge is 0.455 e. The van der Waals surface area contributed by atoms with Crippen molar-refractivity contribution >= 4 is 21.9 Å². The zero-order valence-electron chi connectivity index (χ0n) is 33.1. The van der Waals surface area contributed by atoms with E-state index >= 15 is 0 Å². The van der Waals surface area contributed by atoms with Crippen molar-refractivity contribution in [3.8, 4) is 89.8 Å². The van der Waals surface area contributed by atoms with Gasteiger partial charge in [0.15, 0.2) is 17.5 Å². The third kappa shape index (κ3) is 6.96. The Hall–Kier alpha value is -8.21. The molecule has 286 valence electrons. The maximum absolute atomic E-state index is 6.99. The molecule has 0 aliphatic rings. The number of hydrogen-bond donors (Lipinski definition) is 0. The zero-order chi connectivity index (χ0) is 40.5. The van der Waals surface area contributed by atoms with E-state index in [1.807, 2.05) is 48.5 Å². The predicted octanol–water partition coefficient (Wildman–Crippen LogP) is 15.1. The van der Waals surface area contributed by atoms with E-state index in [4.69, 9.17) is 19.4 Å². The molecular weight excluding hydrogens is 743 g/mol. The second kappa shape index (κ2) is 15.5. The van der Waals surface area contributed by atoms with Gasteiger partial charge in [-0.2, -0.15) is 0 Å².